The van der Waals surface area contributed by atoms with Gasteiger partial charge in [0, 0.05) is 14.2 Å². The van der Waals surface area contributed by atoms with Crippen LogP contribution in [0.4, 0.5) is 0 Å². The first-order valence-corrected chi connectivity index (χ1v) is 4.32. The molecule has 0 bridgehead atoms. The standard InChI is InChI=1S/C8H16O6/c1-13-7-3(9)5(11)8(14-2)6(12)4(7)10/h3-12H,1-2H3/t3-,4+,5+,6-,7?,8?. The van der Waals surface area contributed by atoms with Crippen molar-refractivity contribution in [3.8, 4) is 0 Å². The number of ether oxygens (including phenoxy) is 2. The van der Waals surface area contributed by atoms with Crippen molar-refractivity contribution in [2.45, 2.75) is 36.6 Å². The summed E-state index contributed by atoms with van der Waals surface area (Å²) < 4.78 is 9.55. The molecule has 0 aromatic carbocycles. The fraction of sp³-hybridized carbons (Fsp3) is 1.00. The lowest BCUT2D eigenvalue weighted by Crippen LogP contribution is -2.64. The SMILES string of the molecule is COC1[C@@H](O)[C@@H](O)C(OC)[C@@H](O)[C@H]1O. The Kier molecular flexibility index (Phi) is 3.82. The Labute approximate surface area is 81.7 Å². The molecule has 4 N–H and O–H groups in total. The molecule has 0 heterocycles. The topological polar surface area (TPSA) is 99.4 Å². The van der Waals surface area contributed by atoms with Crippen LogP contribution in [0, 0.1) is 0 Å². The Bertz CT molecular complexity index is 151. The van der Waals surface area contributed by atoms with E-state index in [-0.39, 0.29) is 0 Å². The predicted molar refractivity (Wildman–Crippen MR) is 45.6 cm³/mol. The Morgan fingerprint density at radius 1 is 0.643 bits per heavy atom. The highest BCUT2D eigenvalue weighted by molar-refractivity contribution is 4.99. The van der Waals surface area contributed by atoms with Gasteiger partial charge in [0.05, 0.1) is 0 Å². The first-order chi connectivity index (χ1) is 6.54. The zero-order chi connectivity index (χ0) is 10.9. The second kappa shape index (κ2) is 4.52. The summed E-state index contributed by atoms with van der Waals surface area (Å²) in [4.78, 5) is 0. The normalized spacial score (nSPS) is 49.3. The Morgan fingerprint density at radius 2 is 0.857 bits per heavy atom. The van der Waals surface area contributed by atoms with Crippen molar-refractivity contribution in [2.75, 3.05) is 14.2 Å². The average Bonchev–Trinajstić information content (AvgIpc) is 2.17. The van der Waals surface area contributed by atoms with Crippen molar-refractivity contribution >= 4 is 0 Å². The average molecular weight is 208 g/mol. The predicted octanol–water partition coefficient (Wildman–Crippen LogP) is -2.53. The van der Waals surface area contributed by atoms with E-state index in [2.05, 4.69) is 0 Å². The molecule has 6 atom stereocenters. The molecule has 84 valence electrons. The van der Waals surface area contributed by atoms with E-state index < -0.39 is 36.6 Å². The third kappa shape index (κ3) is 1.77. The summed E-state index contributed by atoms with van der Waals surface area (Å²) in [6.45, 7) is 0. The van der Waals surface area contributed by atoms with Crippen molar-refractivity contribution < 1.29 is 29.9 Å². The zero-order valence-corrected chi connectivity index (χ0v) is 8.07. The van der Waals surface area contributed by atoms with Gasteiger partial charge in [-0.1, -0.05) is 0 Å². The summed E-state index contributed by atoms with van der Waals surface area (Å²) in [5.74, 6) is 0. The molecular weight excluding hydrogens is 192 g/mol. The van der Waals surface area contributed by atoms with Gasteiger partial charge in [0.2, 0.25) is 0 Å². The van der Waals surface area contributed by atoms with Gasteiger partial charge in [0.15, 0.2) is 0 Å². The summed E-state index contributed by atoms with van der Waals surface area (Å²) in [7, 11) is 2.56. The van der Waals surface area contributed by atoms with E-state index in [1.165, 1.54) is 14.2 Å². The fourth-order valence-corrected chi connectivity index (χ4v) is 1.74. The fourth-order valence-electron chi connectivity index (χ4n) is 1.74. The van der Waals surface area contributed by atoms with Gasteiger partial charge in [-0.05, 0) is 0 Å². The third-order valence-electron chi connectivity index (χ3n) is 2.59. The second-order valence-corrected chi connectivity index (χ2v) is 3.36. The van der Waals surface area contributed by atoms with Crippen LogP contribution in [-0.4, -0.2) is 71.3 Å². The minimum Gasteiger partial charge on any atom is -0.387 e. The molecule has 0 aromatic rings. The highest BCUT2D eigenvalue weighted by Gasteiger charge is 2.49. The maximum absolute atomic E-state index is 9.50. The van der Waals surface area contributed by atoms with Crippen molar-refractivity contribution in [3.63, 3.8) is 0 Å². The van der Waals surface area contributed by atoms with Crippen LogP contribution in [0.5, 0.6) is 0 Å². The van der Waals surface area contributed by atoms with E-state index in [1.807, 2.05) is 0 Å². The molecule has 14 heavy (non-hydrogen) atoms. The van der Waals surface area contributed by atoms with Crippen molar-refractivity contribution in [3.05, 3.63) is 0 Å². The van der Waals surface area contributed by atoms with E-state index in [4.69, 9.17) is 9.47 Å². The summed E-state index contributed by atoms with van der Waals surface area (Å²) in [5.41, 5.74) is 0. The maximum Gasteiger partial charge on any atom is 0.114 e. The van der Waals surface area contributed by atoms with Crippen LogP contribution in [-0.2, 0) is 9.47 Å². The van der Waals surface area contributed by atoms with E-state index in [9.17, 15) is 20.4 Å². The molecule has 1 aliphatic carbocycles. The van der Waals surface area contributed by atoms with E-state index >= 15 is 0 Å². The highest BCUT2D eigenvalue weighted by atomic mass is 16.5. The lowest BCUT2D eigenvalue weighted by molar-refractivity contribution is -0.235. The lowest BCUT2D eigenvalue weighted by Gasteiger charge is -2.42. The van der Waals surface area contributed by atoms with Gasteiger partial charge in [0.25, 0.3) is 0 Å². The Balaban J connectivity index is 2.81. The van der Waals surface area contributed by atoms with Crippen LogP contribution in [0.25, 0.3) is 0 Å². The maximum atomic E-state index is 9.50. The molecule has 1 fully saturated rings. The molecule has 2 unspecified atom stereocenters. The second-order valence-electron chi connectivity index (χ2n) is 3.36. The van der Waals surface area contributed by atoms with Gasteiger partial charge in [0.1, 0.15) is 36.6 Å². The van der Waals surface area contributed by atoms with Crippen LogP contribution in [0.1, 0.15) is 0 Å². The molecule has 0 saturated heterocycles. The molecular formula is C8H16O6. The summed E-state index contributed by atoms with van der Waals surface area (Å²) in [5, 5.41) is 38.0. The van der Waals surface area contributed by atoms with Crippen LogP contribution >= 0.6 is 0 Å². The number of rotatable bonds is 2. The van der Waals surface area contributed by atoms with Crippen molar-refractivity contribution in [2.24, 2.45) is 0 Å². The molecule has 6 nitrogen and oxygen atoms in total. The van der Waals surface area contributed by atoms with Crippen LogP contribution in [0.15, 0.2) is 0 Å². The summed E-state index contributed by atoms with van der Waals surface area (Å²) in [6.07, 6.45) is -7.11. The van der Waals surface area contributed by atoms with Gasteiger partial charge >= 0.3 is 0 Å². The van der Waals surface area contributed by atoms with Gasteiger partial charge in [-0.15, -0.1) is 0 Å². The van der Waals surface area contributed by atoms with Crippen LogP contribution < -0.4 is 0 Å². The molecule has 0 radical (unpaired) electrons. The lowest BCUT2D eigenvalue weighted by atomic mass is 9.85. The quantitative estimate of drug-likeness (QED) is 0.399. The monoisotopic (exact) mass is 208 g/mol. The molecule has 0 aliphatic heterocycles. The van der Waals surface area contributed by atoms with Crippen LogP contribution in [0.2, 0.25) is 0 Å². The molecule has 6 heteroatoms. The zero-order valence-electron chi connectivity index (χ0n) is 8.07. The summed E-state index contributed by atoms with van der Waals surface area (Å²) >= 11 is 0. The minimum atomic E-state index is -1.27. The highest BCUT2D eigenvalue weighted by Crippen LogP contribution is 2.24. The Hall–Kier alpha value is -0.240. The first-order valence-electron chi connectivity index (χ1n) is 4.32. The molecule has 1 saturated carbocycles. The molecule has 1 rings (SSSR count). The van der Waals surface area contributed by atoms with Gasteiger partial charge in [-0.3, -0.25) is 0 Å². The Morgan fingerprint density at radius 3 is 1.00 bits per heavy atom. The number of aliphatic hydroxyl groups excluding tert-OH is 4. The largest absolute Gasteiger partial charge is 0.387 e. The smallest absolute Gasteiger partial charge is 0.114 e. The number of aliphatic hydroxyl groups is 4. The van der Waals surface area contributed by atoms with Gasteiger partial charge in [-0.2, -0.15) is 0 Å². The number of hydrogen-bond donors (Lipinski definition) is 4. The third-order valence-corrected chi connectivity index (χ3v) is 2.59. The van der Waals surface area contributed by atoms with E-state index in [0.717, 1.165) is 0 Å². The molecule has 0 amide bonds. The number of methoxy groups -OCH3 is 2. The van der Waals surface area contributed by atoms with Crippen LogP contribution in [0.3, 0.4) is 0 Å². The van der Waals surface area contributed by atoms with Crippen molar-refractivity contribution in [1.29, 1.82) is 0 Å². The van der Waals surface area contributed by atoms with Gasteiger partial charge < -0.3 is 29.9 Å². The van der Waals surface area contributed by atoms with Gasteiger partial charge in [-0.25, -0.2) is 0 Å². The molecule has 1 aliphatic rings. The number of hydrogen-bond acceptors (Lipinski definition) is 6. The molecule has 0 aromatic heterocycles. The first kappa shape index (κ1) is 11.8. The summed E-state index contributed by atoms with van der Waals surface area (Å²) in [6, 6.07) is 0. The molecule has 0 spiro atoms. The minimum absolute atomic E-state index is 1.01. The van der Waals surface area contributed by atoms with E-state index in [0.29, 0.717) is 0 Å². The van der Waals surface area contributed by atoms with Crippen molar-refractivity contribution in [1.82, 2.24) is 0 Å². The van der Waals surface area contributed by atoms with E-state index in [1.54, 1.807) is 0 Å².